The lowest BCUT2D eigenvalue weighted by molar-refractivity contribution is 0.248. The van der Waals surface area contributed by atoms with Crippen LogP contribution in [0, 0.1) is 0 Å². The molecule has 1 saturated carbocycles. The van der Waals surface area contributed by atoms with Crippen molar-refractivity contribution in [2.75, 3.05) is 13.1 Å². The van der Waals surface area contributed by atoms with Gasteiger partial charge in [-0.1, -0.05) is 0 Å². The van der Waals surface area contributed by atoms with Gasteiger partial charge in [0.25, 0.3) is 0 Å². The molecule has 0 spiro atoms. The van der Waals surface area contributed by atoms with Crippen LogP contribution in [0.5, 0.6) is 0 Å². The van der Waals surface area contributed by atoms with Crippen LogP contribution in [0.4, 0.5) is 0 Å². The monoisotopic (exact) mass is 140 g/mol. The highest BCUT2D eigenvalue weighted by molar-refractivity contribution is 4.92. The van der Waals surface area contributed by atoms with Gasteiger partial charge in [0, 0.05) is 18.6 Å². The van der Waals surface area contributed by atoms with Gasteiger partial charge in [-0.15, -0.1) is 0 Å². The highest BCUT2D eigenvalue weighted by atomic mass is 15.2. The van der Waals surface area contributed by atoms with Crippen LogP contribution in [-0.2, 0) is 0 Å². The number of nitrogens with two attached hydrogens (primary N) is 1. The molecule has 0 amide bonds. The summed E-state index contributed by atoms with van der Waals surface area (Å²) >= 11 is 0. The zero-order chi connectivity index (χ0) is 6.97. The molecule has 1 aliphatic heterocycles. The Hall–Kier alpha value is -0.0800. The highest BCUT2D eigenvalue weighted by Crippen LogP contribution is 2.32. The Balaban J connectivity index is 1.91. The van der Waals surface area contributed by atoms with Gasteiger partial charge in [0.1, 0.15) is 0 Å². The van der Waals surface area contributed by atoms with Gasteiger partial charge >= 0.3 is 0 Å². The summed E-state index contributed by atoms with van der Waals surface area (Å²) in [5.41, 5.74) is 5.65. The molecule has 2 fully saturated rings. The van der Waals surface area contributed by atoms with Crippen LogP contribution in [0.15, 0.2) is 0 Å². The second kappa shape index (κ2) is 2.51. The zero-order valence-corrected chi connectivity index (χ0v) is 6.42. The third-order valence-corrected chi connectivity index (χ3v) is 2.71. The molecule has 2 heteroatoms. The van der Waals surface area contributed by atoms with Gasteiger partial charge in [-0.05, 0) is 32.2 Å². The van der Waals surface area contributed by atoms with Crippen molar-refractivity contribution in [3.05, 3.63) is 0 Å². The van der Waals surface area contributed by atoms with E-state index in [9.17, 15) is 0 Å². The average molecular weight is 140 g/mol. The van der Waals surface area contributed by atoms with Gasteiger partial charge in [0.15, 0.2) is 0 Å². The average Bonchev–Trinajstić information content (AvgIpc) is 2.69. The molecule has 0 aromatic heterocycles. The number of rotatable bonds is 2. The van der Waals surface area contributed by atoms with Crippen molar-refractivity contribution in [1.29, 1.82) is 0 Å². The maximum Gasteiger partial charge on any atom is 0.0221 e. The smallest absolute Gasteiger partial charge is 0.0221 e. The Morgan fingerprint density at radius 1 is 1.30 bits per heavy atom. The molecule has 58 valence electrons. The molecule has 2 rings (SSSR count). The summed E-state index contributed by atoms with van der Waals surface area (Å²) in [6.45, 7) is 2.18. The predicted molar refractivity (Wildman–Crippen MR) is 41.8 cm³/mol. The van der Waals surface area contributed by atoms with E-state index in [-0.39, 0.29) is 0 Å². The van der Waals surface area contributed by atoms with Crippen LogP contribution >= 0.6 is 0 Å². The predicted octanol–water partition coefficient (Wildman–Crippen LogP) is 0.572. The van der Waals surface area contributed by atoms with E-state index in [0.29, 0.717) is 0 Å². The number of hydrogen-bond acceptors (Lipinski definition) is 2. The third kappa shape index (κ3) is 1.06. The summed E-state index contributed by atoms with van der Waals surface area (Å²) in [7, 11) is 0. The van der Waals surface area contributed by atoms with Crippen molar-refractivity contribution < 1.29 is 0 Å². The molecule has 1 unspecified atom stereocenters. The second-order valence-electron chi connectivity index (χ2n) is 3.50. The SMILES string of the molecule is NCC1CCCN1C1CC1. The first kappa shape index (κ1) is 6.62. The van der Waals surface area contributed by atoms with Crippen molar-refractivity contribution in [3.8, 4) is 0 Å². The first-order chi connectivity index (χ1) is 4.92. The lowest BCUT2D eigenvalue weighted by Crippen LogP contribution is -2.36. The first-order valence-corrected chi connectivity index (χ1v) is 4.37. The van der Waals surface area contributed by atoms with Crippen molar-refractivity contribution in [2.24, 2.45) is 5.73 Å². The van der Waals surface area contributed by atoms with Gasteiger partial charge < -0.3 is 5.73 Å². The molecule has 0 aromatic rings. The van der Waals surface area contributed by atoms with Crippen molar-refractivity contribution >= 4 is 0 Å². The summed E-state index contributed by atoms with van der Waals surface area (Å²) in [5, 5.41) is 0. The molecule has 2 nitrogen and oxygen atoms in total. The normalized spacial score (nSPS) is 35.1. The molecular formula is C8H16N2. The number of likely N-dealkylation sites (tertiary alicyclic amines) is 1. The molecule has 2 aliphatic rings. The number of nitrogens with zero attached hydrogens (tertiary/aromatic N) is 1. The quantitative estimate of drug-likeness (QED) is 0.607. The molecule has 1 saturated heterocycles. The Kier molecular flexibility index (Phi) is 1.66. The van der Waals surface area contributed by atoms with E-state index in [4.69, 9.17) is 5.73 Å². The van der Waals surface area contributed by atoms with Crippen LogP contribution in [-0.4, -0.2) is 30.1 Å². The number of hydrogen-bond donors (Lipinski definition) is 1. The van der Waals surface area contributed by atoms with E-state index in [2.05, 4.69) is 4.90 Å². The van der Waals surface area contributed by atoms with Crippen LogP contribution in [0.2, 0.25) is 0 Å². The summed E-state index contributed by atoms with van der Waals surface area (Å²) in [5.74, 6) is 0. The largest absolute Gasteiger partial charge is 0.329 e. The highest BCUT2D eigenvalue weighted by Gasteiger charge is 2.35. The molecule has 0 aromatic carbocycles. The standard InChI is InChI=1S/C8H16N2/c9-6-8-2-1-5-10(8)7-3-4-7/h7-8H,1-6,9H2. The maximum atomic E-state index is 5.65. The van der Waals surface area contributed by atoms with Gasteiger partial charge in [0.2, 0.25) is 0 Å². The molecule has 1 aliphatic carbocycles. The fraction of sp³-hybridized carbons (Fsp3) is 1.00. The molecule has 0 radical (unpaired) electrons. The molecule has 1 atom stereocenters. The Morgan fingerprint density at radius 2 is 2.10 bits per heavy atom. The third-order valence-electron chi connectivity index (χ3n) is 2.71. The minimum Gasteiger partial charge on any atom is -0.329 e. The van der Waals surface area contributed by atoms with E-state index < -0.39 is 0 Å². The maximum absolute atomic E-state index is 5.65. The molecule has 1 heterocycles. The van der Waals surface area contributed by atoms with Gasteiger partial charge in [0.05, 0.1) is 0 Å². The van der Waals surface area contributed by atoms with Crippen LogP contribution in [0.1, 0.15) is 25.7 Å². The molecule has 10 heavy (non-hydrogen) atoms. The minimum absolute atomic E-state index is 0.729. The van der Waals surface area contributed by atoms with E-state index in [0.717, 1.165) is 18.6 Å². The summed E-state index contributed by atoms with van der Waals surface area (Å²) in [6, 6.07) is 1.66. The Bertz CT molecular complexity index is 120. The molecular weight excluding hydrogens is 124 g/mol. The lowest BCUT2D eigenvalue weighted by Gasteiger charge is -2.22. The van der Waals surface area contributed by atoms with Crippen LogP contribution in [0.3, 0.4) is 0 Å². The van der Waals surface area contributed by atoms with Crippen molar-refractivity contribution in [3.63, 3.8) is 0 Å². The summed E-state index contributed by atoms with van der Waals surface area (Å²) in [6.07, 6.45) is 5.57. The summed E-state index contributed by atoms with van der Waals surface area (Å²) < 4.78 is 0. The fourth-order valence-corrected chi connectivity index (χ4v) is 2.00. The van der Waals surface area contributed by atoms with E-state index in [1.165, 1.54) is 32.2 Å². The van der Waals surface area contributed by atoms with Crippen LogP contribution in [0.25, 0.3) is 0 Å². The Morgan fingerprint density at radius 3 is 2.70 bits per heavy atom. The van der Waals surface area contributed by atoms with Crippen molar-refractivity contribution in [2.45, 2.75) is 37.8 Å². The fourth-order valence-electron chi connectivity index (χ4n) is 2.00. The molecule has 2 N–H and O–H groups in total. The van der Waals surface area contributed by atoms with Gasteiger partial charge in [-0.2, -0.15) is 0 Å². The summed E-state index contributed by atoms with van der Waals surface area (Å²) in [4.78, 5) is 2.61. The molecule has 0 bridgehead atoms. The second-order valence-corrected chi connectivity index (χ2v) is 3.50. The Labute approximate surface area is 62.4 Å². The lowest BCUT2D eigenvalue weighted by atomic mass is 10.2. The van der Waals surface area contributed by atoms with Gasteiger partial charge in [-0.3, -0.25) is 4.90 Å². The van der Waals surface area contributed by atoms with Crippen LogP contribution < -0.4 is 5.73 Å². The van der Waals surface area contributed by atoms with E-state index in [1.807, 2.05) is 0 Å². The van der Waals surface area contributed by atoms with E-state index >= 15 is 0 Å². The van der Waals surface area contributed by atoms with Crippen molar-refractivity contribution in [1.82, 2.24) is 4.90 Å². The first-order valence-electron chi connectivity index (χ1n) is 4.37. The zero-order valence-electron chi connectivity index (χ0n) is 6.42. The topological polar surface area (TPSA) is 29.3 Å². The van der Waals surface area contributed by atoms with E-state index in [1.54, 1.807) is 0 Å². The minimum atomic E-state index is 0.729. The van der Waals surface area contributed by atoms with Gasteiger partial charge in [-0.25, -0.2) is 0 Å².